The summed E-state index contributed by atoms with van der Waals surface area (Å²) in [5, 5.41) is 3.40. The minimum Gasteiger partial charge on any atom is -0.372 e. The quantitative estimate of drug-likeness (QED) is 0.771. The van der Waals surface area contributed by atoms with Gasteiger partial charge in [-0.15, -0.1) is 0 Å². The summed E-state index contributed by atoms with van der Waals surface area (Å²) in [5.41, 5.74) is 1.19. The third-order valence-electron chi connectivity index (χ3n) is 3.04. The van der Waals surface area contributed by atoms with Crippen LogP contribution in [0.15, 0.2) is 30.3 Å². The monoisotopic (exact) mass is 191 g/mol. The molecule has 0 bridgehead atoms. The second-order valence-corrected chi connectivity index (χ2v) is 3.84. The number of hydrogen-bond acceptors (Lipinski definition) is 2. The third kappa shape index (κ3) is 1.68. The van der Waals surface area contributed by atoms with Crippen LogP contribution in [0.3, 0.4) is 0 Å². The van der Waals surface area contributed by atoms with Crippen molar-refractivity contribution in [2.24, 2.45) is 0 Å². The van der Waals surface area contributed by atoms with Crippen LogP contribution in [-0.4, -0.2) is 20.2 Å². The first kappa shape index (κ1) is 9.69. The highest BCUT2D eigenvalue weighted by Crippen LogP contribution is 2.31. The first-order valence-corrected chi connectivity index (χ1v) is 5.19. The molecule has 76 valence electrons. The lowest BCUT2D eigenvalue weighted by atomic mass is 9.86. The Morgan fingerprint density at radius 3 is 2.64 bits per heavy atom. The summed E-state index contributed by atoms with van der Waals surface area (Å²) >= 11 is 0. The molecule has 0 aliphatic carbocycles. The minimum atomic E-state index is -0.0977. The zero-order valence-corrected chi connectivity index (χ0v) is 8.62. The summed E-state index contributed by atoms with van der Waals surface area (Å²) in [6.07, 6.45) is 2.29. The topological polar surface area (TPSA) is 21.3 Å². The molecule has 1 aromatic carbocycles. The average molecular weight is 191 g/mol. The molecule has 1 aliphatic heterocycles. The molecule has 1 N–H and O–H groups in total. The molecule has 1 saturated heterocycles. The van der Waals surface area contributed by atoms with Crippen molar-refractivity contribution in [3.05, 3.63) is 35.9 Å². The molecule has 1 aliphatic rings. The van der Waals surface area contributed by atoms with Gasteiger partial charge in [0.1, 0.15) is 5.60 Å². The smallest absolute Gasteiger partial charge is 0.105 e. The maximum Gasteiger partial charge on any atom is 0.105 e. The van der Waals surface area contributed by atoms with Crippen molar-refractivity contribution in [3.63, 3.8) is 0 Å². The van der Waals surface area contributed by atoms with Crippen molar-refractivity contribution in [1.82, 2.24) is 5.32 Å². The van der Waals surface area contributed by atoms with Crippen LogP contribution in [0.2, 0.25) is 0 Å². The zero-order valence-electron chi connectivity index (χ0n) is 8.62. The van der Waals surface area contributed by atoms with E-state index in [1.54, 1.807) is 7.11 Å². The number of hydrogen-bond donors (Lipinski definition) is 1. The highest BCUT2D eigenvalue weighted by Gasteiger charge is 2.33. The number of ether oxygens (including phenoxy) is 1. The fourth-order valence-electron chi connectivity index (χ4n) is 2.16. The summed E-state index contributed by atoms with van der Waals surface area (Å²) in [6, 6.07) is 10.5. The molecule has 14 heavy (non-hydrogen) atoms. The molecule has 1 atom stereocenters. The van der Waals surface area contributed by atoms with E-state index in [2.05, 4.69) is 29.6 Å². The second-order valence-electron chi connectivity index (χ2n) is 3.84. The van der Waals surface area contributed by atoms with Gasteiger partial charge >= 0.3 is 0 Å². The first-order chi connectivity index (χ1) is 6.87. The molecular weight excluding hydrogens is 174 g/mol. The van der Waals surface area contributed by atoms with E-state index >= 15 is 0 Å². The van der Waals surface area contributed by atoms with Gasteiger partial charge in [-0.2, -0.15) is 0 Å². The third-order valence-corrected chi connectivity index (χ3v) is 3.04. The number of nitrogens with one attached hydrogen (secondary N) is 1. The Labute approximate surface area is 85.3 Å². The maximum atomic E-state index is 5.70. The number of rotatable bonds is 2. The Balaban J connectivity index is 2.27. The van der Waals surface area contributed by atoms with Gasteiger partial charge in [0, 0.05) is 13.7 Å². The maximum absolute atomic E-state index is 5.70. The Bertz CT molecular complexity index is 278. The molecule has 0 radical (unpaired) electrons. The fraction of sp³-hybridized carbons (Fsp3) is 0.500. The molecule has 0 saturated carbocycles. The zero-order chi connectivity index (χ0) is 9.86. The largest absolute Gasteiger partial charge is 0.372 e. The van der Waals surface area contributed by atoms with E-state index in [4.69, 9.17) is 4.74 Å². The molecule has 0 aromatic heterocycles. The summed E-state index contributed by atoms with van der Waals surface area (Å²) in [5.74, 6) is 0. The molecule has 1 heterocycles. The predicted molar refractivity (Wildman–Crippen MR) is 57.2 cm³/mol. The second kappa shape index (κ2) is 4.11. The lowest BCUT2D eigenvalue weighted by Gasteiger charge is -2.36. The van der Waals surface area contributed by atoms with E-state index in [0.29, 0.717) is 0 Å². The summed E-state index contributed by atoms with van der Waals surface area (Å²) in [6.45, 7) is 2.03. The lowest BCUT2D eigenvalue weighted by Crippen LogP contribution is -2.44. The van der Waals surface area contributed by atoms with Crippen molar-refractivity contribution < 1.29 is 4.74 Å². The average Bonchev–Trinajstić information content (AvgIpc) is 2.31. The highest BCUT2D eigenvalue weighted by atomic mass is 16.5. The van der Waals surface area contributed by atoms with Crippen molar-refractivity contribution in [2.45, 2.75) is 18.4 Å². The normalized spacial score (nSPS) is 27.5. The number of methoxy groups -OCH3 is 1. The molecule has 2 nitrogen and oxygen atoms in total. The van der Waals surface area contributed by atoms with Crippen LogP contribution in [-0.2, 0) is 10.3 Å². The van der Waals surface area contributed by atoms with E-state index in [0.717, 1.165) is 19.5 Å². The van der Waals surface area contributed by atoms with Crippen molar-refractivity contribution in [1.29, 1.82) is 0 Å². The Hall–Kier alpha value is -0.860. The Morgan fingerprint density at radius 1 is 1.29 bits per heavy atom. The van der Waals surface area contributed by atoms with Crippen LogP contribution in [0.4, 0.5) is 0 Å². The SMILES string of the molecule is COC1(c2ccccc2)CCCNC1. The van der Waals surface area contributed by atoms with E-state index in [-0.39, 0.29) is 5.60 Å². The Kier molecular flexibility index (Phi) is 2.85. The van der Waals surface area contributed by atoms with Gasteiger partial charge in [0.05, 0.1) is 0 Å². The first-order valence-electron chi connectivity index (χ1n) is 5.19. The van der Waals surface area contributed by atoms with Gasteiger partial charge < -0.3 is 10.1 Å². The van der Waals surface area contributed by atoms with Gasteiger partial charge in [0.15, 0.2) is 0 Å². The van der Waals surface area contributed by atoms with Crippen molar-refractivity contribution >= 4 is 0 Å². The molecule has 1 unspecified atom stereocenters. The molecule has 2 heteroatoms. The van der Waals surface area contributed by atoms with Crippen LogP contribution in [0.1, 0.15) is 18.4 Å². The molecule has 0 amide bonds. The van der Waals surface area contributed by atoms with Crippen LogP contribution < -0.4 is 5.32 Å². The molecule has 1 aromatic rings. The fourth-order valence-corrected chi connectivity index (χ4v) is 2.16. The molecule has 2 rings (SSSR count). The molecule has 1 fully saturated rings. The van der Waals surface area contributed by atoms with Gasteiger partial charge in [-0.3, -0.25) is 0 Å². The summed E-state index contributed by atoms with van der Waals surface area (Å²) in [4.78, 5) is 0. The van der Waals surface area contributed by atoms with Crippen LogP contribution >= 0.6 is 0 Å². The van der Waals surface area contributed by atoms with Crippen molar-refractivity contribution in [3.8, 4) is 0 Å². The summed E-state index contributed by atoms with van der Waals surface area (Å²) in [7, 11) is 1.81. The van der Waals surface area contributed by atoms with E-state index in [1.807, 2.05) is 6.07 Å². The van der Waals surface area contributed by atoms with E-state index in [1.165, 1.54) is 12.0 Å². The summed E-state index contributed by atoms with van der Waals surface area (Å²) < 4.78 is 5.70. The predicted octanol–water partition coefficient (Wildman–Crippen LogP) is 1.91. The van der Waals surface area contributed by atoms with Gasteiger partial charge in [-0.05, 0) is 24.9 Å². The highest BCUT2D eigenvalue weighted by molar-refractivity contribution is 5.23. The van der Waals surface area contributed by atoms with E-state index in [9.17, 15) is 0 Å². The van der Waals surface area contributed by atoms with Gasteiger partial charge in [-0.1, -0.05) is 30.3 Å². The van der Waals surface area contributed by atoms with E-state index < -0.39 is 0 Å². The molecular formula is C12H17NO. The van der Waals surface area contributed by atoms with Gasteiger partial charge in [0.25, 0.3) is 0 Å². The molecule has 0 spiro atoms. The van der Waals surface area contributed by atoms with Crippen LogP contribution in [0, 0.1) is 0 Å². The lowest BCUT2D eigenvalue weighted by molar-refractivity contribution is -0.0333. The van der Waals surface area contributed by atoms with Gasteiger partial charge in [0.2, 0.25) is 0 Å². The van der Waals surface area contributed by atoms with Gasteiger partial charge in [-0.25, -0.2) is 0 Å². The Morgan fingerprint density at radius 2 is 2.07 bits per heavy atom. The standard InChI is InChI=1S/C12H17NO/c1-14-12(8-5-9-13-10-12)11-6-3-2-4-7-11/h2-4,6-7,13H,5,8-10H2,1H3. The number of benzene rings is 1. The van der Waals surface area contributed by atoms with Crippen LogP contribution in [0.5, 0.6) is 0 Å². The minimum absolute atomic E-state index is 0.0977. The van der Waals surface area contributed by atoms with Crippen molar-refractivity contribution in [2.75, 3.05) is 20.2 Å². The number of piperidine rings is 1. The van der Waals surface area contributed by atoms with Crippen LogP contribution in [0.25, 0.3) is 0 Å².